The molecule has 3 fully saturated rings. The summed E-state index contributed by atoms with van der Waals surface area (Å²) in [6, 6.07) is 8.96. The largest absolute Gasteiger partial charge is 0.355 e. The number of hydrogen-bond donors (Lipinski definition) is 2. The molecule has 4 heterocycles. The summed E-state index contributed by atoms with van der Waals surface area (Å²) in [6.07, 6.45) is 4.09. The van der Waals surface area contributed by atoms with Gasteiger partial charge in [-0.25, -0.2) is 0 Å². The summed E-state index contributed by atoms with van der Waals surface area (Å²) in [5.74, 6) is 0.456. The lowest BCUT2D eigenvalue weighted by molar-refractivity contribution is -0.133. The Kier molecular flexibility index (Phi) is 6.83. The number of fused-ring (bicyclic) bond motifs is 3. The fourth-order valence-electron chi connectivity index (χ4n) is 5.06. The quantitative estimate of drug-likeness (QED) is 0.629. The smallest absolute Gasteiger partial charge is 0.224 e. The number of rotatable bonds is 7. The van der Waals surface area contributed by atoms with Crippen LogP contribution in [0.1, 0.15) is 46.1 Å². The summed E-state index contributed by atoms with van der Waals surface area (Å²) in [5, 5.41) is 14.5. The summed E-state index contributed by atoms with van der Waals surface area (Å²) in [7, 11) is 0. The summed E-state index contributed by atoms with van der Waals surface area (Å²) >= 11 is 0. The molecule has 0 spiro atoms. The van der Waals surface area contributed by atoms with Crippen LogP contribution in [0.15, 0.2) is 30.5 Å². The van der Waals surface area contributed by atoms with Crippen LogP contribution in [0.3, 0.4) is 0 Å². The number of piperidine rings is 3. The van der Waals surface area contributed by atoms with Crippen LogP contribution in [0, 0.1) is 11.8 Å². The van der Waals surface area contributed by atoms with E-state index in [-0.39, 0.29) is 23.1 Å². The van der Waals surface area contributed by atoms with E-state index in [0.717, 1.165) is 43.7 Å². The molecule has 2 N–H and O–H groups in total. The van der Waals surface area contributed by atoms with Crippen LogP contribution in [-0.4, -0.2) is 63.9 Å². The van der Waals surface area contributed by atoms with E-state index < -0.39 is 0 Å². The minimum absolute atomic E-state index is 0.0277. The van der Waals surface area contributed by atoms with E-state index in [1.54, 1.807) is 0 Å². The predicted octanol–water partition coefficient (Wildman–Crippen LogP) is 2.21. The highest BCUT2D eigenvalue weighted by atomic mass is 16.2. The van der Waals surface area contributed by atoms with Gasteiger partial charge < -0.3 is 10.6 Å². The highest BCUT2D eigenvalue weighted by Gasteiger charge is 2.43. The zero-order chi connectivity index (χ0) is 23.6. The Morgan fingerprint density at radius 1 is 1.12 bits per heavy atom. The lowest BCUT2D eigenvalue weighted by Gasteiger charge is -2.49. The number of amides is 2. The van der Waals surface area contributed by atoms with E-state index >= 15 is 0 Å². The number of hydrogen-bond acceptors (Lipinski definition) is 5. The Morgan fingerprint density at radius 3 is 2.48 bits per heavy atom. The van der Waals surface area contributed by atoms with Crippen molar-refractivity contribution < 1.29 is 9.59 Å². The zero-order valence-corrected chi connectivity index (χ0v) is 20.2. The molecule has 4 atom stereocenters. The second kappa shape index (κ2) is 9.63. The molecule has 2 bridgehead atoms. The summed E-state index contributed by atoms with van der Waals surface area (Å²) in [5.41, 5.74) is 3.40. The minimum Gasteiger partial charge on any atom is -0.355 e. The van der Waals surface area contributed by atoms with Gasteiger partial charge in [0.15, 0.2) is 0 Å². The van der Waals surface area contributed by atoms with Gasteiger partial charge in [0.2, 0.25) is 11.8 Å². The topological polar surface area (TPSA) is 92.2 Å². The molecule has 1 aromatic heterocycles. The van der Waals surface area contributed by atoms with E-state index in [1.165, 1.54) is 12.5 Å². The molecule has 33 heavy (non-hydrogen) atoms. The first-order chi connectivity index (χ1) is 15.7. The third-order valence-electron chi connectivity index (χ3n) is 7.00. The Labute approximate surface area is 196 Å². The molecule has 3 aliphatic rings. The van der Waals surface area contributed by atoms with Crippen molar-refractivity contribution in [3.8, 4) is 11.3 Å². The second-order valence-corrected chi connectivity index (χ2v) is 10.5. The molecule has 8 heteroatoms. The summed E-state index contributed by atoms with van der Waals surface area (Å²) in [4.78, 5) is 26.1. The van der Waals surface area contributed by atoms with E-state index in [0.29, 0.717) is 25.0 Å². The molecule has 5 rings (SSSR count). The van der Waals surface area contributed by atoms with Gasteiger partial charge in [-0.05, 0) is 36.3 Å². The maximum Gasteiger partial charge on any atom is 0.224 e. The first kappa shape index (κ1) is 23.4. The lowest BCUT2D eigenvalue weighted by atomic mass is 9.75. The monoisotopic (exact) mass is 452 g/mol. The molecule has 0 aliphatic carbocycles. The Morgan fingerprint density at radius 2 is 1.85 bits per heavy atom. The second-order valence-electron chi connectivity index (χ2n) is 10.5. The molecular weight excluding hydrogens is 416 g/mol. The van der Waals surface area contributed by atoms with Crippen molar-refractivity contribution in [3.05, 3.63) is 36.0 Å². The summed E-state index contributed by atoms with van der Waals surface area (Å²) in [6.45, 7) is 11.7. The van der Waals surface area contributed by atoms with Gasteiger partial charge in [0.1, 0.15) is 5.69 Å². The van der Waals surface area contributed by atoms with Crippen LogP contribution in [-0.2, 0) is 21.5 Å². The van der Waals surface area contributed by atoms with Crippen molar-refractivity contribution in [3.63, 3.8) is 0 Å². The Hall–Kier alpha value is -2.74. The van der Waals surface area contributed by atoms with Gasteiger partial charge >= 0.3 is 0 Å². The molecular formula is C25H36N6O2. The molecule has 1 aromatic carbocycles. The molecule has 2 aromatic rings. The Balaban J connectivity index is 1.32. The van der Waals surface area contributed by atoms with Crippen molar-refractivity contribution in [1.82, 2.24) is 30.5 Å². The average Bonchev–Trinajstić information content (AvgIpc) is 3.25. The predicted molar refractivity (Wildman–Crippen MR) is 127 cm³/mol. The van der Waals surface area contributed by atoms with Crippen molar-refractivity contribution >= 4 is 11.8 Å². The molecule has 3 saturated heterocycles. The zero-order valence-electron chi connectivity index (χ0n) is 20.2. The Bertz CT molecular complexity index is 978. The number of carbonyl (C=O) groups is 2. The standard InChI is InChI=1S/C25H36N6O2/c1-17(32)26-10-11-27-24(33)22-15-30-12-9-19(22)13-21(30)14-31-16-23(28-29-31)18-5-7-20(8-6-18)25(2,3)4/h5-8,16,19,21-22H,9-15H2,1-4H3,(H,26,32)(H,27,33)/t19-,21+,22+/m0/s1. The van der Waals surface area contributed by atoms with Gasteiger partial charge in [0.05, 0.1) is 18.7 Å². The molecule has 2 amide bonds. The van der Waals surface area contributed by atoms with Crippen LogP contribution >= 0.6 is 0 Å². The van der Waals surface area contributed by atoms with Gasteiger partial charge in [0.25, 0.3) is 0 Å². The maximum absolute atomic E-state index is 12.7. The van der Waals surface area contributed by atoms with Gasteiger partial charge in [-0.3, -0.25) is 19.2 Å². The van der Waals surface area contributed by atoms with Crippen LogP contribution in [0.25, 0.3) is 11.3 Å². The minimum atomic E-state index is -0.0758. The molecule has 1 unspecified atom stereocenters. The van der Waals surface area contributed by atoms with E-state index in [2.05, 4.69) is 70.9 Å². The third-order valence-corrected chi connectivity index (χ3v) is 7.00. The number of nitrogens with one attached hydrogen (secondary N) is 2. The van der Waals surface area contributed by atoms with E-state index in [4.69, 9.17) is 0 Å². The molecule has 3 aliphatic heterocycles. The maximum atomic E-state index is 12.7. The number of carbonyl (C=O) groups excluding carboxylic acids is 2. The van der Waals surface area contributed by atoms with Crippen LogP contribution < -0.4 is 10.6 Å². The number of aromatic nitrogens is 3. The SMILES string of the molecule is CC(=O)NCCNC(=O)[C@@H]1CN2CC[C@H]1C[C@@H]2Cn1cc(-c2ccc(C(C)(C)C)cc2)nn1. The lowest BCUT2D eigenvalue weighted by Crippen LogP contribution is -2.58. The van der Waals surface area contributed by atoms with Gasteiger partial charge in [-0.1, -0.05) is 50.3 Å². The van der Waals surface area contributed by atoms with Crippen molar-refractivity contribution in [2.24, 2.45) is 11.8 Å². The van der Waals surface area contributed by atoms with Gasteiger partial charge in [0, 0.05) is 38.2 Å². The van der Waals surface area contributed by atoms with Gasteiger partial charge in [-0.2, -0.15) is 0 Å². The van der Waals surface area contributed by atoms with Crippen molar-refractivity contribution in [2.75, 3.05) is 26.2 Å². The van der Waals surface area contributed by atoms with E-state index in [1.807, 2.05) is 10.9 Å². The first-order valence-corrected chi connectivity index (χ1v) is 12.0. The molecule has 178 valence electrons. The average molecular weight is 453 g/mol. The fraction of sp³-hybridized carbons (Fsp3) is 0.600. The number of nitrogens with zero attached hydrogens (tertiary/aromatic N) is 4. The van der Waals surface area contributed by atoms with Crippen molar-refractivity contribution in [1.29, 1.82) is 0 Å². The van der Waals surface area contributed by atoms with Crippen LogP contribution in [0.4, 0.5) is 0 Å². The normalized spacial score (nSPS) is 24.5. The van der Waals surface area contributed by atoms with Crippen LogP contribution in [0.5, 0.6) is 0 Å². The molecule has 8 nitrogen and oxygen atoms in total. The highest BCUT2D eigenvalue weighted by Crippen LogP contribution is 2.37. The van der Waals surface area contributed by atoms with Crippen molar-refractivity contribution in [2.45, 2.75) is 58.5 Å². The first-order valence-electron chi connectivity index (χ1n) is 12.0. The molecule has 0 radical (unpaired) electrons. The van der Waals surface area contributed by atoms with E-state index in [9.17, 15) is 9.59 Å². The third kappa shape index (κ3) is 5.61. The van der Waals surface area contributed by atoms with Crippen LogP contribution in [0.2, 0.25) is 0 Å². The summed E-state index contributed by atoms with van der Waals surface area (Å²) < 4.78 is 1.95. The molecule has 0 saturated carbocycles. The fourth-order valence-corrected chi connectivity index (χ4v) is 5.06. The van der Waals surface area contributed by atoms with Gasteiger partial charge in [-0.15, -0.1) is 5.10 Å². The number of benzene rings is 1. The highest BCUT2D eigenvalue weighted by molar-refractivity contribution is 5.79.